The van der Waals surface area contributed by atoms with E-state index in [-0.39, 0.29) is 24.1 Å². The Bertz CT molecular complexity index is 675. The molecular formula is C17H20FNO6. The molecule has 7 nitrogen and oxygen atoms in total. The minimum Gasteiger partial charge on any atom is -0.491 e. The van der Waals surface area contributed by atoms with Gasteiger partial charge in [0.05, 0.1) is 31.4 Å². The van der Waals surface area contributed by atoms with Gasteiger partial charge in [0.15, 0.2) is 0 Å². The first-order valence-electron chi connectivity index (χ1n) is 7.97. The number of hydrogen-bond donors (Lipinski definition) is 0. The van der Waals surface area contributed by atoms with Crippen molar-refractivity contribution in [2.75, 3.05) is 33.5 Å². The molecule has 0 bridgehead atoms. The second-order valence-electron chi connectivity index (χ2n) is 6.49. The fourth-order valence-corrected chi connectivity index (χ4v) is 3.10. The van der Waals surface area contributed by atoms with Crippen molar-refractivity contribution in [3.63, 3.8) is 0 Å². The fraction of sp³-hybridized carbons (Fsp3) is 0.529. The summed E-state index contributed by atoms with van der Waals surface area (Å²) in [5.74, 6) is -0.685. The summed E-state index contributed by atoms with van der Waals surface area (Å²) in [7, 11) is 1.56. The van der Waals surface area contributed by atoms with Gasteiger partial charge in [0.1, 0.15) is 17.8 Å². The van der Waals surface area contributed by atoms with Gasteiger partial charge in [-0.15, -0.1) is 0 Å². The maximum atomic E-state index is 13.1. The zero-order chi connectivity index (χ0) is 18.0. The Kier molecular flexibility index (Phi) is 4.91. The van der Waals surface area contributed by atoms with Crippen molar-refractivity contribution < 1.29 is 33.3 Å². The van der Waals surface area contributed by atoms with Crippen LogP contribution in [0.4, 0.5) is 4.53 Å². The summed E-state index contributed by atoms with van der Waals surface area (Å²) < 4.78 is 28.3. The van der Waals surface area contributed by atoms with Gasteiger partial charge in [0, 0.05) is 23.7 Å². The van der Waals surface area contributed by atoms with E-state index in [0.717, 1.165) is 5.56 Å². The van der Waals surface area contributed by atoms with Gasteiger partial charge >= 0.3 is 5.97 Å². The van der Waals surface area contributed by atoms with Crippen LogP contribution in [-0.4, -0.2) is 56.4 Å². The molecule has 8 heteroatoms. The van der Waals surface area contributed by atoms with Crippen LogP contribution >= 0.6 is 0 Å². The van der Waals surface area contributed by atoms with Crippen molar-refractivity contribution in [1.82, 2.24) is 4.90 Å². The summed E-state index contributed by atoms with van der Waals surface area (Å²) in [5, 5.41) is 0. The summed E-state index contributed by atoms with van der Waals surface area (Å²) in [5.41, 5.74) is 0.128. The third-order valence-electron chi connectivity index (χ3n) is 4.62. The number of rotatable bonds is 4. The molecule has 136 valence electrons. The lowest BCUT2D eigenvalue weighted by molar-refractivity contribution is -0.185. The predicted molar refractivity (Wildman–Crippen MR) is 83.6 cm³/mol. The number of halogens is 1. The molecule has 1 fully saturated rings. The predicted octanol–water partition coefficient (Wildman–Crippen LogP) is 1.50. The molecular weight excluding hydrogens is 333 g/mol. The SMILES string of the molecule is COCC1(C(=O)N2Cc3ccc(C(=O)OF)cc3OCC2C)COC1. The second kappa shape index (κ2) is 6.97. The van der Waals surface area contributed by atoms with Gasteiger partial charge in [-0.2, -0.15) is 0 Å². The Balaban J connectivity index is 1.85. The van der Waals surface area contributed by atoms with Crippen LogP contribution in [0, 0.1) is 5.41 Å². The van der Waals surface area contributed by atoms with Crippen LogP contribution in [-0.2, 0) is 25.8 Å². The summed E-state index contributed by atoms with van der Waals surface area (Å²) in [6.07, 6.45) is 0. The molecule has 0 N–H and O–H groups in total. The van der Waals surface area contributed by atoms with E-state index in [4.69, 9.17) is 14.2 Å². The van der Waals surface area contributed by atoms with Crippen LogP contribution in [0.1, 0.15) is 22.8 Å². The Hall–Kier alpha value is -2.19. The summed E-state index contributed by atoms with van der Waals surface area (Å²) in [6.45, 7) is 3.43. The molecule has 1 aromatic carbocycles. The second-order valence-corrected chi connectivity index (χ2v) is 6.49. The van der Waals surface area contributed by atoms with Crippen LogP contribution < -0.4 is 4.74 Å². The van der Waals surface area contributed by atoms with E-state index in [9.17, 15) is 14.1 Å². The van der Waals surface area contributed by atoms with Crippen molar-refractivity contribution in [1.29, 1.82) is 0 Å². The summed E-state index contributed by atoms with van der Waals surface area (Å²) in [4.78, 5) is 29.4. The zero-order valence-corrected chi connectivity index (χ0v) is 14.1. The number of carbonyl (C=O) groups excluding carboxylic acids is 2. The van der Waals surface area contributed by atoms with Crippen LogP contribution in [0.2, 0.25) is 0 Å². The number of ether oxygens (including phenoxy) is 3. The van der Waals surface area contributed by atoms with E-state index in [1.54, 1.807) is 18.1 Å². The van der Waals surface area contributed by atoms with Crippen LogP contribution in [0.15, 0.2) is 18.2 Å². The van der Waals surface area contributed by atoms with Crippen molar-refractivity contribution in [3.05, 3.63) is 29.3 Å². The largest absolute Gasteiger partial charge is 0.491 e. The van der Waals surface area contributed by atoms with Gasteiger partial charge in [0.25, 0.3) is 0 Å². The molecule has 0 radical (unpaired) electrons. The van der Waals surface area contributed by atoms with Crippen LogP contribution in [0.25, 0.3) is 0 Å². The lowest BCUT2D eigenvalue weighted by atomic mass is 9.84. The van der Waals surface area contributed by atoms with E-state index >= 15 is 0 Å². The van der Waals surface area contributed by atoms with Gasteiger partial charge < -0.3 is 19.1 Å². The fourth-order valence-electron chi connectivity index (χ4n) is 3.10. The molecule has 25 heavy (non-hydrogen) atoms. The first kappa shape index (κ1) is 17.6. The molecule has 0 aliphatic carbocycles. The standard InChI is InChI=1S/C17H20FNO6/c1-11-7-24-14-5-12(15(20)25-18)3-4-13(14)6-19(11)16(21)17(8-22-2)9-23-10-17/h3-5,11H,6-10H2,1-2H3. The summed E-state index contributed by atoms with van der Waals surface area (Å²) in [6, 6.07) is 4.33. The van der Waals surface area contributed by atoms with Gasteiger partial charge in [-0.3, -0.25) is 4.79 Å². The highest BCUT2D eigenvalue weighted by molar-refractivity contribution is 5.89. The highest BCUT2D eigenvalue weighted by Gasteiger charge is 2.49. The lowest BCUT2D eigenvalue weighted by Gasteiger charge is -2.43. The number of carbonyl (C=O) groups is 2. The zero-order valence-electron chi connectivity index (χ0n) is 14.1. The average Bonchev–Trinajstić information content (AvgIpc) is 2.75. The maximum Gasteiger partial charge on any atom is 0.379 e. The van der Waals surface area contributed by atoms with Crippen molar-refractivity contribution in [3.8, 4) is 5.75 Å². The topological polar surface area (TPSA) is 74.3 Å². The van der Waals surface area contributed by atoms with E-state index in [2.05, 4.69) is 4.94 Å². The van der Waals surface area contributed by atoms with Crippen molar-refractivity contribution in [2.24, 2.45) is 5.41 Å². The summed E-state index contributed by atoms with van der Waals surface area (Å²) >= 11 is 0. The van der Waals surface area contributed by atoms with Gasteiger partial charge in [0.2, 0.25) is 5.91 Å². The molecule has 2 heterocycles. The number of methoxy groups -OCH3 is 1. The molecule has 3 rings (SSSR count). The molecule has 1 unspecified atom stereocenters. The Labute approximate surface area is 144 Å². The van der Waals surface area contributed by atoms with E-state index in [0.29, 0.717) is 32.1 Å². The smallest absolute Gasteiger partial charge is 0.379 e. The number of hydrogen-bond acceptors (Lipinski definition) is 6. The molecule has 0 aromatic heterocycles. The van der Waals surface area contributed by atoms with Gasteiger partial charge in [-0.05, 0) is 19.1 Å². The van der Waals surface area contributed by atoms with E-state index < -0.39 is 11.4 Å². The maximum absolute atomic E-state index is 13.1. The van der Waals surface area contributed by atoms with Crippen LogP contribution in [0.5, 0.6) is 5.75 Å². The monoisotopic (exact) mass is 353 g/mol. The highest BCUT2D eigenvalue weighted by atomic mass is 19.3. The third kappa shape index (κ3) is 3.19. The molecule has 0 spiro atoms. The minimum absolute atomic E-state index is 0.0446. The average molecular weight is 353 g/mol. The molecule has 2 aliphatic heterocycles. The normalized spacial score (nSPS) is 21.4. The Morgan fingerprint density at radius 2 is 2.16 bits per heavy atom. The molecule has 1 atom stereocenters. The third-order valence-corrected chi connectivity index (χ3v) is 4.62. The highest BCUT2D eigenvalue weighted by Crippen LogP contribution is 2.34. The molecule has 1 amide bonds. The first-order chi connectivity index (χ1) is 12.0. The van der Waals surface area contributed by atoms with E-state index in [1.165, 1.54) is 12.1 Å². The van der Waals surface area contributed by atoms with Crippen molar-refractivity contribution >= 4 is 11.9 Å². The Morgan fingerprint density at radius 3 is 2.76 bits per heavy atom. The quantitative estimate of drug-likeness (QED) is 0.817. The molecule has 1 saturated heterocycles. The first-order valence-corrected chi connectivity index (χ1v) is 7.97. The lowest BCUT2D eigenvalue weighted by Crippen LogP contribution is -2.59. The van der Waals surface area contributed by atoms with Gasteiger partial charge in [-0.1, -0.05) is 6.07 Å². The molecule has 2 aliphatic rings. The molecule has 0 saturated carbocycles. The van der Waals surface area contributed by atoms with Gasteiger partial charge in [-0.25, -0.2) is 9.74 Å². The molecule has 1 aromatic rings. The number of nitrogens with zero attached hydrogens (tertiary/aromatic N) is 1. The number of fused-ring (bicyclic) bond motifs is 1. The Morgan fingerprint density at radius 1 is 1.40 bits per heavy atom. The number of benzene rings is 1. The minimum atomic E-state index is -1.08. The number of amides is 1. The van der Waals surface area contributed by atoms with E-state index in [1.807, 2.05) is 6.92 Å². The van der Waals surface area contributed by atoms with Crippen molar-refractivity contribution in [2.45, 2.75) is 19.5 Å². The van der Waals surface area contributed by atoms with Crippen LogP contribution in [0.3, 0.4) is 0 Å².